The molecular formula is C28H29ClF2N2O4. The summed E-state index contributed by atoms with van der Waals surface area (Å²) in [4.78, 5) is 18.9. The highest BCUT2D eigenvalue weighted by molar-refractivity contribution is 6.32. The van der Waals surface area contributed by atoms with Gasteiger partial charge in [-0.05, 0) is 74.9 Å². The van der Waals surface area contributed by atoms with E-state index in [1.54, 1.807) is 25.3 Å². The molecule has 2 unspecified atom stereocenters. The molecule has 2 heterocycles. The van der Waals surface area contributed by atoms with Gasteiger partial charge in [0.1, 0.15) is 17.4 Å². The minimum absolute atomic E-state index is 0.0844. The third-order valence-corrected chi connectivity index (χ3v) is 8.47. The highest BCUT2D eigenvalue weighted by Gasteiger charge is 2.49. The Morgan fingerprint density at radius 3 is 2.68 bits per heavy atom. The topological polar surface area (TPSA) is 82.9 Å². The van der Waals surface area contributed by atoms with E-state index in [0.717, 1.165) is 0 Å². The van der Waals surface area contributed by atoms with Crippen molar-refractivity contribution in [3.8, 4) is 5.75 Å². The Hall–Kier alpha value is -2.81. The smallest absolute Gasteiger partial charge is 0.310 e. The van der Waals surface area contributed by atoms with E-state index in [4.69, 9.17) is 16.3 Å². The minimum atomic E-state index is -1.01. The van der Waals surface area contributed by atoms with Gasteiger partial charge in [0.15, 0.2) is 0 Å². The van der Waals surface area contributed by atoms with E-state index in [2.05, 4.69) is 9.88 Å². The van der Waals surface area contributed by atoms with Crippen LogP contribution in [0.25, 0.3) is 10.9 Å². The summed E-state index contributed by atoms with van der Waals surface area (Å²) in [5.41, 5.74) is 0.283. The number of methoxy groups -OCH3 is 1. The van der Waals surface area contributed by atoms with E-state index in [-0.39, 0.29) is 30.4 Å². The molecule has 9 heteroatoms. The van der Waals surface area contributed by atoms with Crippen LogP contribution in [0.1, 0.15) is 55.3 Å². The van der Waals surface area contributed by atoms with E-state index < -0.39 is 29.1 Å². The molecule has 0 bridgehead atoms. The average molecular weight is 531 g/mol. The van der Waals surface area contributed by atoms with Crippen LogP contribution >= 0.6 is 11.6 Å². The van der Waals surface area contributed by atoms with E-state index >= 15 is 0 Å². The number of aromatic nitrogens is 1. The molecule has 1 aliphatic carbocycles. The van der Waals surface area contributed by atoms with Gasteiger partial charge >= 0.3 is 5.97 Å². The number of hydrogen-bond acceptors (Lipinski definition) is 5. The lowest BCUT2D eigenvalue weighted by Crippen LogP contribution is -2.45. The maximum atomic E-state index is 14.2. The number of ether oxygens (including phenoxy) is 1. The van der Waals surface area contributed by atoms with Gasteiger partial charge in [-0.15, -0.1) is 0 Å². The first-order valence-electron chi connectivity index (χ1n) is 12.4. The summed E-state index contributed by atoms with van der Waals surface area (Å²) in [7, 11) is 1.55. The summed E-state index contributed by atoms with van der Waals surface area (Å²) < 4.78 is 33.6. The molecule has 1 aliphatic heterocycles. The maximum absolute atomic E-state index is 14.2. The molecule has 2 N–H and O–H groups in total. The van der Waals surface area contributed by atoms with Crippen molar-refractivity contribution in [2.75, 3.05) is 20.2 Å². The van der Waals surface area contributed by atoms with Crippen LogP contribution in [0, 0.1) is 17.0 Å². The lowest BCUT2D eigenvalue weighted by atomic mass is 9.74. The van der Waals surface area contributed by atoms with E-state index in [0.29, 0.717) is 59.6 Å². The SMILES string of the molecule is COc1ccc2ncc(Cl)c(C(O)CCC3(C(=O)O)CCN(C4CC(c5c(F)cccc5F)C4)C3)c2c1. The Morgan fingerprint density at radius 1 is 1.27 bits per heavy atom. The van der Waals surface area contributed by atoms with Crippen molar-refractivity contribution < 1.29 is 28.5 Å². The molecule has 6 nitrogen and oxygen atoms in total. The van der Waals surface area contributed by atoms with Gasteiger partial charge in [-0.3, -0.25) is 14.7 Å². The fourth-order valence-corrected chi connectivity index (χ4v) is 6.19. The molecule has 0 spiro atoms. The van der Waals surface area contributed by atoms with Gasteiger partial charge in [-0.2, -0.15) is 0 Å². The predicted octanol–water partition coefficient (Wildman–Crippen LogP) is 5.71. The molecule has 1 saturated carbocycles. The minimum Gasteiger partial charge on any atom is -0.497 e. The normalized spacial score (nSPS) is 24.7. The number of hydrogen-bond donors (Lipinski definition) is 2. The van der Waals surface area contributed by atoms with Crippen LogP contribution in [-0.2, 0) is 4.79 Å². The Balaban J connectivity index is 1.27. The largest absolute Gasteiger partial charge is 0.497 e. The van der Waals surface area contributed by atoms with Gasteiger partial charge in [-0.25, -0.2) is 8.78 Å². The van der Waals surface area contributed by atoms with Gasteiger partial charge in [0.25, 0.3) is 0 Å². The van der Waals surface area contributed by atoms with Gasteiger partial charge in [-0.1, -0.05) is 17.7 Å². The van der Waals surface area contributed by atoms with Crippen molar-refractivity contribution in [3.05, 3.63) is 70.4 Å². The summed E-state index contributed by atoms with van der Waals surface area (Å²) >= 11 is 6.42. The van der Waals surface area contributed by atoms with Crippen LogP contribution in [0.2, 0.25) is 5.02 Å². The fraction of sp³-hybridized carbons (Fsp3) is 0.429. The van der Waals surface area contributed by atoms with E-state index in [1.165, 1.54) is 24.4 Å². The number of aliphatic carboxylic acids is 1. The summed E-state index contributed by atoms with van der Waals surface area (Å²) in [6, 6.07) is 9.32. The van der Waals surface area contributed by atoms with Crippen LogP contribution in [0.3, 0.4) is 0 Å². The fourth-order valence-electron chi connectivity index (χ4n) is 5.91. The monoisotopic (exact) mass is 530 g/mol. The second kappa shape index (κ2) is 10.2. The summed E-state index contributed by atoms with van der Waals surface area (Å²) in [6.07, 6.45) is 2.62. The lowest BCUT2D eigenvalue weighted by molar-refractivity contribution is -0.149. The number of likely N-dealkylation sites (tertiary alicyclic amines) is 1. The number of aliphatic hydroxyl groups is 1. The highest BCUT2D eigenvalue weighted by atomic mass is 35.5. The van der Waals surface area contributed by atoms with Crippen molar-refractivity contribution in [1.82, 2.24) is 9.88 Å². The van der Waals surface area contributed by atoms with Crippen LogP contribution < -0.4 is 4.74 Å². The van der Waals surface area contributed by atoms with Crippen molar-refractivity contribution in [3.63, 3.8) is 0 Å². The number of benzene rings is 2. The van der Waals surface area contributed by atoms with Crippen molar-refractivity contribution in [1.29, 1.82) is 0 Å². The molecule has 2 fully saturated rings. The number of rotatable bonds is 8. The molecule has 37 heavy (non-hydrogen) atoms. The Morgan fingerprint density at radius 2 is 2.00 bits per heavy atom. The zero-order chi connectivity index (χ0) is 26.3. The number of nitrogens with zero attached hydrogens (tertiary/aromatic N) is 2. The Bertz CT molecular complexity index is 1310. The Kier molecular flexibility index (Phi) is 7.09. The number of carbonyl (C=O) groups is 1. The average Bonchev–Trinajstić information content (AvgIpc) is 3.28. The van der Waals surface area contributed by atoms with Crippen LogP contribution in [0.15, 0.2) is 42.6 Å². The molecule has 2 aromatic carbocycles. The lowest BCUT2D eigenvalue weighted by Gasteiger charge is -2.42. The van der Waals surface area contributed by atoms with Gasteiger partial charge < -0.3 is 14.9 Å². The quantitative estimate of drug-likeness (QED) is 0.388. The zero-order valence-corrected chi connectivity index (χ0v) is 21.2. The highest BCUT2D eigenvalue weighted by Crippen LogP contribution is 2.47. The number of carboxylic acids is 1. The summed E-state index contributed by atoms with van der Waals surface area (Å²) in [6.45, 7) is 0.931. The molecule has 1 saturated heterocycles. The molecular weight excluding hydrogens is 502 g/mol. The van der Waals surface area contributed by atoms with Crippen LogP contribution in [0.5, 0.6) is 5.75 Å². The van der Waals surface area contributed by atoms with Gasteiger partial charge in [0, 0.05) is 35.3 Å². The number of pyridine rings is 1. The molecule has 5 rings (SSSR count). The number of aliphatic hydroxyl groups excluding tert-OH is 1. The number of fused-ring (bicyclic) bond motifs is 1. The summed E-state index contributed by atoms with van der Waals surface area (Å²) in [5.74, 6) is -1.55. The predicted molar refractivity (Wildman–Crippen MR) is 136 cm³/mol. The summed E-state index contributed by atoms with van der Waals surface area (Å²) in [5, 5.41) is 22.3. The first kappa shape index (κ1) is 25.8. The van der Waals surface area contributed by atoms with Crippen molar-refractivity contribution in [2.45, 2.75) is 50.2 Å². The second-order valence-corrected chi connectivity index (χ2v) is 10.6. The number of carboxylic acid groups (broad SMARTS) is 1. The van der Waals surface area contributed by atoms with E-state index in [9.17, 15) is 23.8 Å². The standard InChI is InChI=1S/C28H29ClF2N2O4/c1-37-18-5-6-23-19(13-18)26(20(29)14-32-23)24(34)7-8-28(27(35)36)9-10-33(15-28)17-11-16(12-17)25-21(30)3-2-4-22(25)31/h2-6,13-14,16-17,24,34H,7-12,15H2,1H3,(H,35,36). The van der Waals surface area contributed by atoms with Crippen molar-refractivity contribution >= 4 is 28.5 Å². The number of halogens is 3. The van der Waals surface area contributed by atoms with Gasteiger partial charge in [0.05, 0.1) is 29.2 Å². The first-order valence-corrected chi connectivity index (χ1v) is 12.8. The van der Waals surface area contributed by atoms with Crippen LogP contribution in [-0.4, -0.2) is 52.3 Å². The second-order valence-electron chi connectivity index (χ2n) is 10.2. The zero-order valence-electron chi connectivity index (χ0n) is 20.5. The van der Waals surface area contributed by atoms with Crippen molar-refractivity contribution in [2.24, 2.45) is 5.41 Å². The molecule has 0 radical (unpaired) electrons. The molecule has 1 aromatic heterocycles. The van der Waals surface area contributed by atoms with Gasteiger partial charge in [0.2, 0.25) is 0 Å². The third kappa shape index (κ3) is 4.78. The van der Waals surface area contributed by atoms with E-state index in [1.807, 2.05) is 0 Å². The maximum Gasteiger partial charge on any atom is 0.310 e. The third-order valence-electron chi connectivity index (χ3n) is 8.17. The van der Waals surface area contributed by atoms with Crippen LogP contribution in [0.4, 0.5) is 8.78 Å². The Labute approximate surface area is 218 Å². The molecule has 196 valence electrons. The molecule has 0 amide bonds. The molecule has 3 aromatic rings. The molecule has 2 atom stereocenters. The molecule has 2 aliphatic rings. The first-order chi connectivity index (χ1) is 17.7.